The third-order valence-electron chi connectivity index (χ3n) is 4.50. The van der Waals surface area contributed by atoms with E-state index >= 15 is 0 Å². The van der Waals surface area contributed by atoms with Gasteiger partial charge in [-0.25, -0.2) is 4.79 Å². The normalized spacial score (nSPS) is 21.5. The molecule has 0 spiro atoms. The van der Waals surface area contributed by atoms with Crippen molar-refractivity contribution in [1.29, 1.82) is 0 Å². The number of thioether (sulfide) groups is 1. The molecule has 0 aromatic heterocycles. The van der Waals surface area contributed by atoms with Crippen molar-refractivity contribution in [3.05, 3.63) is 29.8 Å². The second-order valence-electron chi connectivity index (χ2n) is 6.14. The molecule has 2 aliphatic heterocycles. The van der Waals surface area contributed by atoms with E-state index in [9.17, 15) is 9.59 Å². The molecule has 2 aliphatic rings. The molecule has 5 nitrogen and oxygen atoms in total. The predicted octanol–water partition coefficient (Wildman–Crippen LogP) is 3.39. The predicted molar refractivity (Wildman–Crippen MR) is 96.8 cm³/mol. The number of ether oxygens (including phenoxy) is 1. The van der Waals surface area contributed by atoms with Crippen LogP contribution in [0.4, 0.5) is 10.5 Å². The molecule has 2 saturated heterocycles. The largest absolute Gasteiger partial charge is 0.447 e. The second kappa shape index (κ2) is 7.92. The van der Waals surface area contributed by atoms with E-state index in [1.54, 1.807) is 4.90 Å². The van der Waals surface area contributed by atoms with Crippen LogP contribution in [-0.2, 0) is 4.74 Å². The number of anilines is 1. The highest BCUT2D eigenvalue weighted by Gasteiger charge is 2.25. The summed E-state index contributed by atoms with van der Waals surface area (Å²) < 4.78 is 4.95. The van der Waals surface area contributed by atoms with Crippen LogP contribution in [0.2, 0.25) is 0 Å². The van der Waals surface area contributed by atoms with Crippen molar-refractivity contribution in [2.75, 3.05) is 36.9 Å². The summed E-state index contributed by atoms with van der Waals surface area (Å²) in [5, 5.41) is 0.542. The number of amides is 2. The van der Waals surface area contributed by atoms with Gasteiger partial charge in [0.15, 0.2) is 0 Å². The molecule has 0 N–H and O–H groups in total. The Balaban J connectivity index is 1.68. The maximum Gasteiger partial charge on any atom is 0.414 e. The minimum atomic E-state index is -0.318. The number of rotatable bonds is 4. The highest BCUT2D eigenvalue weighted by atomic mass is 32.2. The number of hydrogen-bond donors (Lipinski definition) is 0. The lowest BCUT2D eigenvalue weighted by molar-refractivity contribution is 0.0763. The Morgan fingerprint density at radius 2 is 2.04 bits per heavy atom. The van der Waals surface area contributed by atoms with Gasteiger partial charge in [0.1, 0.15) is 6.61 Å². The fourth-order valence-corrected chi connectivity index (χ4v) is 4.34. The van der Waals surface area contributed by atoms with E-state index in [2.05, 4.69) is 6.92 Å². The smallest absolute Gasteiger partial charge is 0.414 e. The first-order valence-corrected chi connectivity index (χ1v) is 9.69. The van der Waals surface area contributed by atoms with E-state index in [4.69, 9.17) is 4.74 Å². The summed E-state index contributed by atoms with van der Waals surface area (Å²) in [6, 6.07) is 7.29. The van der Waals surface area contributed by atoms with Crippen LogP contribution in [-0.4, -0.2) is 54.1 Å². The molecule has 1 atom stereocenters. The molecule has 1 aromatic rings. The summed E-state index contributed by atoms with van der Waals surface area (Å²) in [6.45, 7) is 4.82. The molecular formula is C18H24N2O3S. The van der Waals surface area contributed by atoms with Crippen LogP contribution in [0.15, 0.2) is 24.3 Å². The highest BCUT2D eigenvalue weighted by Crippen LogP contribution is 2.24. The number of carbonyl (C=O) groups is 2. The average molecular weight is 348 g/mol. The minimum absolute atomic E-state index is 0.0918. The monoisotopic (exact) mass is 348 g/mol. The lowest BCUT2D eigenvalue weighted by Gasteiger charge is -2.24. The number of carbonyl (C=O) groups excluding carboxylic acids is 2. The first-order chi connectivity index (χ1) is 11.7. The Bertz CT molecular complexity index is 590. The van der Waals surface area contributed by atoms with Crippen molar-refractivity contribution in [2.45, 2.75) is 31.4 Å². The zero-order chi connectivity index (χ0) is 16.9. The van der Waals surface area contributed by atoms with Crippen molar-refractivity contribution < 1.29 is 14.3 Å². The van der Waals surface area contributed by atoms with Gasteiger partial charge in [-0.1, -0.05) is 13.3 Å². The van der Waals surface area contributed by atoms with Gasteiger partial charge in [0, 0.05) is 29.6 Å². The Labute approximate surface area is 147 Å². The Hall–Kier alpha value is -1.69. The van der Waals surface area contributed by atoms with Crippen LogP contribution in [0.3, 0.4) is 0 Å². The molecule has 24 heavy (non-hydrogen) atoms. The van der Waals surface area contributed by atoms with E-state index in [1.165, 1.54) is 12.8 Å². The first-order valence-electron chi connectivity index (χ1n) is 8.64. The van der Waals surface area contributed by atoms with Crippen molar-refractivity contribution >= 4 is 29.4 Å². The summed E-state index contributed by atoms with van der Waals surface area (Å²) >= 11 is 1.95. The van der Waals surface area contributed by atoms with Crippen molar-refractivity contribution in [2.24, 2.45) is 0 Å². The number of likely N-dealkylation sites (tertiary alicyclic amines) is 1. The Morgan fingerprint density at radius 1 is 1.25 bits per heavy atom. The van der Waals surface area contributed by atoms with Crippen molar-refractivity contribution in [3.63, 3.8) is 0 Å². The van der Waals surface area contributed by atoms with Gasteiger partial charge in [-0.05, 0) is 42.9 Å². The quantitative estimate of drug-likeness (QED) is 0.837. The zero-order valence-corrected chi connectivity index (χ0v) is 14.9. The third-order valence-corrected chi connectivity index (χ3v) is 5.69. The van der Waals surface area contributed by atoms with Gasteiger partial charge in [-0.3, -0.25) is 9.69 Å². The highest BCUT2D eigenvalue weighted by molar-refractivity contribution is 7.99. The standard InChI is InChI=1S/C18H24N2O3S/c1-2-24-16-5-3-4-10-19(13-16)17(21)14-6-8-15(9-7-14)20-11-12-23-18(20)22/h6-9,16H,2-5,10-13H2,1H3/t16-/m1/s1. The Morgan fingerprint density at radius 3 is 2.71 bits per heavy atom. The average Bonchev–Trinajstić information content (AvgIpc) is 2.89. The summed E-state index contributed by atoms with van der Waals surface area (Å²) in [6.07, 6.45) is 3.14. The lowest BCUT2D eigenvalue weighted by Crippen LogP contribution is -2.35. The van der Waals surface area contributed by atoms with Gasteiger partial charge in [-0.15, -0.1) is 0 Å². The van der Waals surface area contributed by atoms with Crippen LogP contribution in [0.1, 0.15) is 36.5 Å². The molecule has 2 heterocycles. The number of cyclic esters (lactones) is 1. The van der Waals surface area contributed by atoms with E-state index in [0.717, 1.165) is 31.0 Å². The van der Waals surface area contributed by atoms with Crippen LogP contribution in [0.25, 0.3) is 0 Å². The maximum atomic E-state index is 12.8. The van der Waals surface area contributed by atoms with Crippen LogP contribution < -0.4 is 4.90 Å². The summed E-state index contributed by atoms with van der Waals surface area (Å²) in [5.74, 6) is 1.18. The van der Waals surface area contributed by atoms with Gasteiger partial charge in [0.05, 0.1) is 6.54 Å². The maximum absolute atomic E-state index is 12.8. The fourth-order valence-electron chi connectivity index (χ4n) is 3.25. The molecule has 0 bridgehead atoms. The van der Waals surface area contributed by atoms with Gasteiger partial charge < -0.3 is 9.64 Å². The molecule has 1 aromatic carbocycles. The number of nitrogens with zero attached hydrogens (tertiary/aromatic N) is 2. The number of hydrogen-bond acceptors (Lipinski definition) is 4. The van der Waals surface area contributed by atoms with Gasteiger partial charge in [0.25, 0.3) is 5.91 Å². The van der Waals surface area contributed by atoms with E-state index < -0.39 is 0 Å². The summed E-state index contributed by atoms with van der Waals surface area (Å²) in [7, 11) is 0. The molecule has 0 saturated carbocycles. The van der Waals surface area contributed by atoms with Crippen LogP contribution >= 0.6 is 11.8 Å². The molecule has 2 fully saturated rings. The fraction of sp³-hybridized carbons (Fsp3) is 0.556. The Kier molecular flexibility index (Phi) is 5.66. The third kappa shape index (κ3) is 3.86. The molecular weight excluding hydrogens is 324 g/mol. The minimum Gasteiger partial charge on any atom is -0.447 e. The van der Waals surface area contributed by atoms with E-state index in [0.29, 0.717) is 24.0 Å². The van der Waals surface area contributed by atoms with Crippen LogP contribution in [0, 0.1) is 0 Å². The van der Waals surface area contributed by atoms with E-state index in [1.807, 2.05) is 40.9 Å². The summed E-state index contributed by atoms with van der Waals surface area (Å²) in [5.41, 5.74) is 1.47. The molecule has 2 amide bonds. The lowest BCUT2D eigenvalue weighted by atomic mass is 10.1. The number of benzene rings is 1. The van der Waals surface area contributed by atoms with Gasteiger partial charge in [-0.2, -0.15) is 11.8 Å². The second-order valence-corrected chi connectivity index (χ2v) is 7.71. The molecule has 130 valence electrons. The first kappa shape index (κ1) is 17.1. The topological polar surface area (TPSA) is 49.9 Å². The van der Waals surface area contributed by atoms with Crippen LogP contribution in [0.5, 0.6) is 0 Å². The molecule has 0 aliphatic carbocycles. The van der Waals surface area contributed by atoms with Crippen molar-refractivity contribution in [1.82, 2.24) is 4.90 Å². The van der Waals surface area contributed by atoms with E-state index in [-0.39, 0.29) is 12.0 Å². The zero-order valence-electron chi connectivity index (χ0n) is 14.1. The molecule has 0 unspecified atom stereocenters. The van der Waals surface area contributed by atoms with Gasteiger partial charge >= 0.3 is 6.09 Å². The molecule has 3 rings (SSSR count). The summed E-state index contributed by atoms with van der Waals surface area (Å²) in [4.78, 5) is 28.0. The van der Waals surface area contributed by atoms with Crippen molar-refractivity contribution in [3.8, 4) is 0 Å². The van der Waals surface area contributed by atoms with Gasteiger partial charge in [0.2, 0.25) is 0 Å². The molecule has 0 radical (unpaired) electrons. The SMILES string of the molecule is CCS[C@@H]1CCCCN(C(=O)c2ccc(N3CCOC3=O)cc2)C1. The molecule has 6 heteroatoms.